The standard InChI is InChI=1S/C19H19ClN2O6/c1-5-27-19(25)16(23)12(10-22(2)3)17-14(18(24)26-4)15(21-28-17)11-8-6-7-9-13(11)20/h6-10H,5H2,1-4H3/b12-10+. The Hall–Kier alpha value is -3.13. The van der Waals surface area contributed by atoms with Crippen LogP contribution in [0.4, 0.5) is 0 Å². The lowest BCUT2D eigenvalue weighted by atomic mass is 10.0. The van der Waals surface area contributed by atoms with E-state index in [1.165, 1.54) is 18.2 Å². The number of Topliss-reactive ketones (excluding diaryl/α,β-unsaturated/α-hetero) is 1. The minimum absolute atomic E-state index is 0.0188. The first-order valence-corrected chi connectivity index (χ1v) is 8.62. The van der Waals surface area contributed by atoms with Gasteiger partial charge in [0, 0.05) is 25.9 Å². The maximum absolute atomic E-state index is 12.6. The van der Waals surface area contributed by atoms with Crippen LogP contribution in [0.3, 0.4) is 0 Å². The van der Waals surface area contributed by atoms with Crippen LogP contribution in [-0.2, 0) is 19.1 Å². The van der Waals surface area contributed by atoms with Crippen molar-refractivity contribution in [2.75, 3.05) is 27.8 Å². The van der Waals surface area contributed by atoms with Gasteiger partial charge in [-0.1, -0.05) is 35.0 Å². The number of hydrogen-bond donors (Lipinski definition) is 0. The molecule has 0 amide bonds. The van der Waals surface area contributed by atoms with Gasteiger partial charge >= 0.3 is 11.9 Å². The number of ketones is 1. The Bertz CT molecular complexity index is 932. The number of aromatic nitrogens is 1. The summed E-state index contributed by atoms with van der Waals surface area (Å²) in [5.41, 5.74) is 0.178. The van der Waals surface area contributed by atoms with Gasteiger partial charge in [0.05, 0.1) is 24.3 Å². The van der Waals surface area contributed by atoms with Gasteiger partial charge in [-0.15, -0.1) is 0 Å². The third-order valence-corrected chi connectivity index (χ3v) is 3.88. The van der Waals surface area contributed by atoms with E-state index >= 15 is 0 Å². The Morgan fingerprint density at radius 2 is 1.93 bits per heavy atom. The molecule has 2 rings (SSSR count). The highest BCUT2D eigenvalue weighted by Crippen LogP contribution is 2.34. The molecule has 0 atom stereocenters. The van der Waals surface area contributed by atoms with E-state index in [0.29, 0.717) is 10.6 Å². The van der Waals surface area contributed by atoms with Crippen LogP contribution in [0.1, 0.15) is 23.0 Å². The predicted octanol–water partition coefficient (Wildman–Crippen LogP) is 2.82. The lowest BCUT2D eigenvalue weighted by molar-refractivity contribution is -0.151. The number of rotatable bonds is 7. The molecule has 0 spiro atoms. The van der Waals surface area contributed by atoms with E-state index < -0.39 is 17.7 Å². The van der Waals surface area contributed by atoms with E-state index in [2.05, 4.69) is 5.16 Å². The molecular weight excluding hydrogens is 388 g/mol. The minimum Gasteiger partial charge on any atom is -0.465 e. The van der Waals surface area contributed by atoms with Gasteiger partial charge in [-0.2, -0.15) is 0 Å². The molecule has 0 unspecified atom stereocenters. The van der Waals surface area contributed by atoms with Gasteiger partial charge in [-0.3, -0.25) is 4.79 Å². The fraction of sp³-hybridized carbons (Fsp3) is 0.263. The number of hydrogen-bond acceptors (Lipinski definition) is 8. The topological polar surface area (TPSA) is 98.9 Å². The predicted molar refractivity (Wildman–Crippen MR) is 102 cm³/mol. The molecule has 0 bridgehead atoms. The summed E-state index contributed by atoms with van der Waals surface area (Å²) in [4.78, 5) is 38.6. The third kappa shape index (κ3) is 4.40. The van der Waals surface area contributed by atoms with Crippen molar-refractivity contribution in [2.45, 2.75) is 6.92 Å². The summed E-state index contributed by atoms with van der Waals surface area (Å²) in [6.07, 6.45) is 1.34. The molecule has 0 aliphatic heterocycles. The Labute approximate surface area is 166 Å². The summed E-state index contributed by atoms with van der Waals surface area (Å²) in [6.45, 7) is 1.59. The van der Waals surface area contributed by atoms with Gasteiger partial charge < -0.3 is 18.9 Å². The van der Waals surface area contributed by atoms with Gasteiger partial charge in [-0.05, 0) is 13.0 Å². The highest BCUT2D eigenvalue weighted by atomic mass is 35.5. The van der Waals surface area contributed by atoms with E-state index in [1.807, 2.05) is 0 Å². The molecule has 0 fully saturated rings. The average molecular weight is 407 g/mol. The van der Waals surface area contributed by atoms with Crippen molar-refractivity contribution in [1.82, 2.24) is 10.1 Å². The second-order valence-corrected chi connectivity index (χ2v) is 6.17. The number of nitrogens with zero attached hydrogens (tertiary/aromatic N) is 2. The van der Waals surface area contributed by atoms with Crippen molar-refractivity contribution in [3.8, 4) is 11.3 Å². The normalized spacial score (nSPS) is 11.1. The van der Waals surface area contributed by atoms with Crippen LogP contribution in [0.25, 0.3) is 16.8 Å². The molecule has 148 valence electrons. The van der Waals surface area contributed by atoms with Crippen LogP contribution >= 0.6 is 11.6 Å². The monoisotopic (exact) mass is 406 g/mol. The first kappa shape index (κ1) is 21.2. The fourth-order valence-electron chi connectivity index (χ4n) is 2.39. The number of methoxy groups -OCH3 is 1. The van der Waals surface area contributed by atoms with E-state index in [-0.39, 0.29) is 29.2 Å². The second-order valence-electron chi connectivity index (χ2n) is 5.76. The van der Waals surface area contributed by atoms with Crippen molar-refractivity contribution >= 4 is 34.9 Å². The summed E-state index contributed by atoms with van der Waals surface area (Å²) < 4.78 is 14.9. The van der Waals surface area contributed by atoms with Crippen LogP contribution in [0.2, 0.25) is 5.02 Å². The van der Waals surface area contributed by atoms with Gasteiger partial charge in [0.25, 0.3) is 5.78 Å². The number of halogens is 1. The number of esters is 2. The lowest BCUT2D eigenvalue weighted by Crippen LogP contribution is -2.21. The lowest BCUT2D eigenvalue weighted by Gasteiger charge is -2.10. The van der Waals surface area contributed by atoms with Crippen LogP contribution in [-0.4, -0.2) is 55.6 Å². The molecule has 0 radical (unpaired) electrons. The van der Waals surface area contributed by atoms with Crippen LogP contribution in [0.5, 0.6) is 0 Å². The summed E-state index contributed by atoms with van der Waals surface area (Å²) >= 11 is 6.21. The van der Waals surface area contributed by atoms with E-state index in [1.54, 1.807) is 45.3 Å². The Kier molecular flexibility index (Phi) is 6.94. The molecule has 2 aromatic rings. The Balaban J connectivity index is 2.71. The smallest absolute Gasteiger partial charge is 0.379 e. The van der Waals surface area contributed by atoms with Crippen molar-refractivity contribution in [1.29, 1.82) is 0 Å². The molecular formula is C19H19ClN2O6. The summed E-state index contributed by atoms with van der Waals surface area (Å²) in [6, 6.07) is 6.68. The summed E-state index contributed by atoms with van der Waals surface area (Å²) in [7, 11) is 4.46. The summed E-state index contributed by atoms with van der Waals surface area (Å²) in [5.74, 6) is -3.08. The van der Waals surface area contributed by atoms with Crippen molar-refractivity contribution < 1.29 is 28.4 Å². The average Bonchev–Trinajstić information content (AvgIpc) is 3.09. The number of ether oxygens (including phenoxy) is 2. The van der Waals surface area contributed by atoms with E-state index in [9.17, 15) is 14.4 Å². The molecule has 28 heavy (non-hydrogen) atoms. The third-order valence-electron chi connectivity index (χ3n) is 3.55. The van der Waals surface area contributed by atoms with Crippen molar-refractivity contribution in [3.05, 3.63) is 46.8 Å². The quantitative estimate of drug-likeness (QED) is 0.393. The maximum Gasteiger partial charge on any atom is 0.379 e. The zero-order valence-electron chi connectivity index (χ0n) is 15.8. The second kappa shape index (κ2) is 9.18. The van der Waals surface area contributed by atoms with E-state index in [0.717, 1.165) is 0 Å². The molecule has 0 aliphatic carbocycles. The largest absolute Gasteiger partial charge is 0.465 e. The molecule has 1 heterocycles. The van der Waals surface area contributed by atoms with Crippen LogP contribution < -0.4 is 0 Å². The highest BCUT2D eigenvalue weighted by molar-refractivity contribution is 6.51. The zero-order valence-corrected chi connectivity index (χ0v) is 16.6. The minimum atomic E-state index is -1.08. The highest BCUT2D eigenvalue weighted by Gasteiger charge is 2.33. The molecule has 8 nitrogen and oxygen atoms in total. The molecule has 9 heteroatoms. The summed E-state index contributed by atoms with van der Waals surface area (Å²) in [5, 5.41) is 4.23. The van der Waals surface area contributed by atoms with Crippen molar-refractivity contribution in [3.63, 3.8) is 0 Å². The molecule has 0 N–H and O–H groups in total. The number of carbonyl (C=O) groups excluding carboxylic acids is 3. The van der Waals surface area contributed by atoms with Gasteiger partial charge in [0.15, 0.2) is 5.76 Å². The Morgan fingerprint density at radius 3 is 2.50 bits per heavy atom. The zero-order chi connectivity index (χ0) is 20.8. The van der Waals surface area contributed by atoms with E-state index in [4.69, 9.17) is 25.6 Å². The fourth-order valence-corrected chi connectivity index (χ4v) is 2.61. The van der Waals surface area contributed by atoms with Gasteiger partial charge in [-0.25, -0.2) is 9.59 Å². The first-order valence-electron chi connectivity index (χ1n) is 8.24. The SMILES string of the molecule is CCOC(=O)C(=O)/C(=C\N(C)C)c1onc(-c2ccccc2Cl)c1C(=O)OC. The molecule has 0 saturated heterocycles. The molecule has 0 aliphatic rings. The maximum atomic E-state index is 12.6. The van der Waals surface area contributed by atoms with Crippen LogP contribution in [0, 0.1) is 0 Å². The molecule has 0 saturated carbocycles. The van der Waals surface area contributed by atoms with Crippen LogP contribution in [0.15, 0.2) is 35.0 Å². The molecule has 1 aromatic carbocycles. The van der Waals surface area contributed by atoms with Gasteiger partial charge in [0.1, 0.15) is 11.3 Å². The molecule has 1 aromatic heterocycles. The Morgan fingerprint density at radius 1 is 1.25 bits per heavy atom. The number of carbonyl (C=O) groups is 3. The van der Waals surface area contributed by atoms with Crippen molar-refractivity contribution in [2.24, 2.45) is 0 Å². The first-order chi connectivity index (χ1) is 13.3. The number of benzene rings is 1. The van der Waals surface area contributed by atoms with Gasteiger partial charge in [0.2, 0.25) is 0 Å².